The van der Waals surface area contributed by atoms with Crippen LogP contribution in [0.2, 0.25) is 0 Å². The quantitative estimate of drug-likeness (QED) is 0.183. The first kappa shape index (κ1) is 28.1. The van der Waals surface area contributed by atoms with Gasteiger partial charge in [0.15, 0.2) is 0 Å². The van der Waals surface area contributed by atoms with Gasteiger partial charge in [-0.3, -0.25) is 4.79 Å². The summed E-state index contributed by atoms with van der Waals surface area (Å²) in [6.45, 7) is 9.16. The Bertz CT molecular complexity index is 413. The van der Waals surface area contributed by atoms with Crippen LogP contribution < -0.4 is 0 Å². The van der Waals surface area contributed by atoms with Crippen LogP contribution in [0.5, 0.6) is 0 Å². The van der Waals surface area contributed by atoms with Gasteiger partial charge in [-0.1, -0.05) is 64.9 Å². The summed E-state index contributed by atoms with van der Waals surface area (Å²) in [5.74, 6) is -0.0975. The van der Waals surface area contributed by atoms with Crippen molar-refractivity contribution >= 4 is 5.91 Å². The molecule has 0 heterocycles. The number of amides is 1. The van der Waals surface area contributed by atoms with Gasteiger partial charge in [0.25, 0.3) is 0 Å². The van der Waals surface area contributed by atoms with Crippen LogP contribution >= 0.6 is 0 Å². The second-order valence-electron chi connectivity index (χ2n) is 9.04. The molecule has 1 amide bonds. The Labute approximate surface area is 180 Å². The summed E-state index contributed by atoms with van der Waals surface area (Å²) in [6.07, 6.45) is 15.1. The molecule has 5 nitrogen and oxygen atoms in total. The van der Waals surface area contributed by atoms with Crippen LogP contribution in [0.1, 0.15) is 77.6 Å². The van der Waals surface area contributed by atoms with Gasteiger partial charge in [0.1, 0.15) is 12.6 Å². The predicted molar refractivity (Wildman–Crippen MR) is 123 cm³/mol. The standard InChI is InChI=1S/C24H49N2O3/c1-6-8-9-10-11-12-13-14-15-16-19-26(4,5)22-23(27)17-20-29-21-18-25(3)24(28)7-2/h7,23,27H,2,6,8-22H2,1,3-5H3/q+1. The summed E-state index contributed by atoms with van der Waals surface area (Å²) in [5, 5.41) is 10.3. The first-order chi connectivity index (χ1) is 13.8. The molecule has 0 aliphatic rings. The number of unbranched alkanes of at least 4 members (excludes halogenated alkanes) is 9. The molecule has 0 radical (unpaired) electrons. The smallest absolute Gasteiger partial charge is 0.245 e. The highest BCUT2D eigenvalue weighted by molar-refractivity contribution is 5.86. The normalized spacial score (nSPS) is 12.7. The largest absolute Gasteiger partial charge is 0.387 e. The Kier molecular flexibility index (Phi) is 17.3. The Balaban J connectivity index is 3.64. The predicted octanol–water partition coefficient (Wildman–Crippen LogP) is 4.40. The number of likely N-dealkylation sites (N-methyl/N-ethyl adjacent to an activating group) is 2. The number of aliphatic hydroxyl groups excluding tert-OH is 1. The van der Waals surface area contributed by atoms with E-state index in [1.54, 1.807) is 11.9 Å². The number of carbonyl (C=O) groups excluding carboxylic acids is 1. The van der Waals surface area contributed by atoms with Crippen LogP contribution in [-0.2, 0) is 9.53 Å². The van der Waals surface area contributed by atoms with Gasteiger partial charge >= 0.3 is 0 Å². The van der Waals surface area contributed by atoms with Crippen LogP contribution in [0.25, 0.3) is 0 Å². The molecule has 0 spiro atoms. The molecule has 5 heteroatoms. The molecule has 1 atom stereocenters. The molecule has 0 aliphatic carbocycles. The van der Waals surface area contributed by atoms with Crippen molar-refractivity contribution in [2.24, 2.45) is 0 Å². The van der Waals surface area contributed by atoms with Gasteiger partial charge in [-0.2, -0.15) is 0 Å². The van der Waals surface area contributed by atoms with Crippen molar-refractivity contribution in [3.8, 4) is 0 Å². The van der Waals surface area contributed by atoms with E-state index in [4.69, 9.17) is 4.74 Å². The van der Waals surface area contributed by atoms with E-state index in [0.29, 0.717) is 26.2 Å². The van der Waals surface area contributed by atoms with E-state index in [0.717, 1.165) is 17.6 Å². The van der Waals surface area contributed by atoms with Crippen LogP contribution in [0, 0.1) is 0 Å². The monoisotopic (exact) mass is 413 g/mol. The summed E-state index contributed by atoms with van der Waals surface area (Å²) < 4.78 is 6.41. The summed E-state index contributed by atoms with van der Waals surface area (Å²) in [5.41, 5.74) is 0. The maximum Gasteiger partial charge on any atom is 0.245 e. The van der Waals surface area contributed by atoms with E-state index in [1.165, 1.54) is 70.3 Å². The van der Waals surface area contributed by atoms with Crippen LogP contribution in [0.3, 0.4) is 0 Å². The number of carbonyl (C=O) groups is 1. The SMILES string of the molecule is C=CC(=O)N(C)CCOCCC(O)C[N+](C)(C)CCCCCCCCCCCC. The van der Waals surface area contributed by atoms with Crippen molar-refractivity contribution in [3.05, 3.63) is 12.7 Å². The highest BCUT2D eigenvalue weighted by atomic mass is 16.5. The van der Waals surface area contributed by atoms with E-state index in [1.807, 2.05) is 0 Å². The summed E-state index contributed by atoms with van der Waals surface area (Å²) >= 11 is 0. The third-order valence-corrected chi connectivity index (χ3v) is 5.54. The lowest BCUT2D eigenvalue weighted by Gasteiger charge is -2.32. The molecule has 0 aromatic rings. The molecule has 0 saturated heterocycles. The van der Waals surface area contributed by atoms with Gasteiger partial charge in [0, 0.05) is 26.6 Å². The highest BCUT2D eigenvalue weighted by Crippen LogP contribution is 2.12. The molecule has 0 saturated carbocycles. The maximum atomic E-state index is 11.4. The molecule has 0 rings (SSSR count). The summed E-state index contributed by atoms with van der Waals surface area (Å²) in [7, 11) is 6.14. The lowest BCUT2D eigenvalue weighted by atomic mass is 10.1. The van der Waals surface area contributed by atoms with Crippen LogP contribution in [-0.4, -0.2) is 80.5 Å². The average molecular weight is 414 g/mol. The molecule has 0 aromatic heterocycles. The van der Waals surface area contributed by atoms with Crippen molar-refractivity contribution in [1.82, 2.24) is 4.90 Å². The minimum absolute atomic E-state index is 0.0975. The maximum absolute atomic E-state index is 11.4. The number of nitrogens with zero attached hydrogens (tertiary/aromatic N) is 2. The Hall–Kier alpha value is -0.910. The fourth-order valence-corrected chi connectivity index (χ4v) is 3.57. The Morgan fingerprint density at radius 2 is 1.59 bits per heavy atom. The number of rotatable bonds is 20. The molecule has 1 N–H and O–H groups in total. The minimum atomic E-state index is -0.347. The Morgan fingerprint density at radius 1 is 1.03 bits per heavy atom. The molecular formula is C24H49N2O3+. The minimum Gasteiger partial charge on any atom is -0.387 e. The van der Waals surface area contributed by atoms with Gasteiger partial charge < -0.3 is 19.2 Å². The van der Waals surface area contributed by atoms with E-state index in [9.17, 15) is 9.90 Å². The van der Waals surface area contributed by atoms with E-state index in [-0.39, 0.29) is 12.0 Å². The highest BCUT2D eigenvalue weighted by Gasteiger charge is 2.20. The second kappa shape index (κ2) is 17.9. The molecule has 0 aromatic carbocycles. The zero-order valence-corrected chi connectivity index (χ0v) is 19.8. The van der Waals surface area contributed by atoms with Gasteiger partial charge in [-0.25, -0.2) is 0 Å². The molecule has 1 unspecified atom stereocenters. The lowest BCUT2D eigenvalue weighted by molar-refractivity contribution is -0.893. The van der Waals surface area contributed by atoms with E-state index in [2.05, 4.69) is 27.6 Å². The summed E-state index contributed by atoms with van der Waals surface area (Å²) in [6, 6.07) is 0. The molecule has 172 valence electrons. The van der Waals surface area contributed by atoms with Gasteiger partial charge in [0.2, 0.25) is 5.91 Å². The first-order valence-electron chi connectivity index (χ1n) is 11.8. The van der Waals surface area contributed by atoms with Crippen molar-refractivity contribution in [2.75, 3.05) is 54.0 Å². The topological polar surface area (TPSA) is 49.8 Å². The molecule has 0 aliphatic heterocycles. The molecule has 0 bridgehead atoms. The average Bonchev–Trinajstić information content (AvgIpc) is 2.67. The van der Waals surface area contributed by atoms with Crippen molar-refractivity contribution < 1.29 is 19.1 Å². The number of quaternary nitrogens is 1. The van der Waals surface area contributed by atoms with Gasteiger partial charge in [-0.15, -0.1) is 0 Å². The number of aliphatic hydroxyl groups is 1. The number of ether oxygens (including phenoxy) is 1. The van der Waals surface area contributed by atoms with Crippen molar-refractivity contribution in [1.29, 1.82) is 0 Å². The van der Waals surface area contributed by atoms with Crippen LogP contribution in [0.15, 0.2) is 12.7 Å². The van der Waals surface area contributed by atoms with Crippen molar-refractivity contribution in [2.45, 2.75) is 83.7 Å². The Morgan fingerprint density at radius 3 is 2.14 bits per heavy atom. The molecule has 0 fully saturated rings. The zero-order chi connectivity index (χ0) is 22.0. The fraction of sp³-hybridized carbons (Fsp3) is 0.875. The van der Waals surface area contributed by atoms with E-state index >= 15 is 0 Å². The van der Waals surface area contributed by atoms with Gasteiger partial charge in [0.05, 0.1) is 27.2 Å². The fourth-order valence-electron chi connectivity index (χ4n) is 3.57. The van der Waals surface area contributed by atoms with Gasteiger partial charge in [-0.05, 0) is 18.9 Å². The third kappa shape index (κ3) is 17.6. The lowest BCUT2D eigenvalue weighted by Crippen LogP contribution is -2.46. The molecule has 29 heavy (non-hydrogen) atoms. The number of hydrogen-bond donors (Lipinski definition) is 1. The molecular weight excluding hydrogens is 364 g/mol. The first-order valence-corrected chi connectivity index (χ1v) is 11.8. The summed E-state index contributed by atoms with van der Waals surface area (Å²) in [4.78, 5) is 12.9. The number of hydrogen-bond acceptors (Lipinski definition) is 3. The van der Waals surface area contributed by atoms with Crippen molar-refractivity contribution in [3.63, 3.8) is 0 Å². The second-order valence-corrected chi connectivity index (χ2v) is 9.04. The third-order valence-electron chi connectivity index (χ3n) is 5.54. The van der Waals surface area contributed by atoms with Crippen LogP contribution in [0.4, 0.5) is 0 Å². The van der Waals surface area contributed by atoms with E-state index < -0.39 is 0 Å². The zero-order valence-electron chi connectivity index (χ0n) is 19.8.